The van der Waals surface area contributed by atoms with E-state index in [4.69, 9.17) is 16.3 Å². The van der Waals surface area contributed by atoms with Crippen LogP contribution in [0.2, 0.25) is 5.02 Å². The molecule has 18 heavy (non-hydrogen) atoms. The number of hydrogen-bond donors (Lipinski definition) is 0. The van der Waals surface area contributed by atoms with Crippen LogP contribution in [-0.4, -0.2) is 31.1 Å². The molecule has 1 aromatic carbocycles. The van der Waals surface area contributed by atoms with E-state index in [1.807, 2.05) is 25.1 Å². The third-order valence-electron chi connectivity index (χ3n) is 3.16. The summed E-state index contributed by atoms with van der Waals surface area (Å²) in [4.78, 5) is 2.45. The molecule has 3 heteroatoms. The number of ether oxygens (including phenoxy) is 1. The fourth-order valence-corrected chi connectivity index (χ4v) is 2.20. The Bertz CT molecular complexity index is 417. The van der Waals surface area contributed by atoms with E-state index in [2.05, 4.69) is 17.1 Å². The summed E-state index contributed by atoms with van der Waals surface area (Å²) in [6.07, 6.45) is 6.74. The van der Waals surface area contributed by atoms with Crippen molar-refractivity contribution in [1.29, 1.82) is 0 Å². The highest BCUT2D eigenvalue weighted by Gasteiger charge is 2.05. The van der Waals surface area contributed by atoms with Crippen molar-refractivity contribution in [1.82, 2.24) is 4.90 Å². The molecule has 0 amide bonds. The quantitative estimate of drug-likeness (QED) is 0.595. The largest absolute Gasteiger partial charge is 0.494 e. The average molecular weight is 266 g/mol. The van der Waals surface area contributed by atoms with Crippen LogP contribution in [0, 0.1) is 6.92 Å². The molecule has 0 aliphatic carbocycles. The van der Waals surface area contributed by atoms with Crippen LogP contribution in [0.1, 0.15) is 18.4 Å². The Balaban J connectivity index is 1.68. The molecular formula is C15H20ClNO. The summed E-state index contributed by atoms with van der Waals surface area (Å²) in [5.74, 6) is 0.912. The lowest BCUT2D eigenvalue weighted by Gasteiger charge is -2.22. The first-order valence-electron chi connectivity index (χ1n) is 6.52. The molecule has 2 nitrogen and oxygen atoms in total. The van der Waals surface area contributed by atoms with Crippen LogP contribution in [-0.2, 0) is 0 Å². The zero-order valence-corrected chi connectivity index (χ0v) is 11.6. The number of hydrogen-bond acceptors (Lipinski definition) is 2. The fourth-order valence-electron chi connectivity index (χ4n) is 2.08. The first kappa shape index (κ1) is 13.4. The molecular weight excluding hydrogens is 246 g/mol. The average Bonchev–Trinajstić information content (AvgIpc) is 2.40. The second-order valence-electron chi connectivity index (χ2n) is 4.67. The van der Waals surface area contributed by atoms with E-state index >= 15 is 0 Å². The Kier molecular flexibility index (Phi) is 5.09. The van der Waals surface area contributed by atoms with E-state index in [1.54, 1.807) is 0 Å². The van der Waals surface area contributed by atoms with Crippen LogP contribution >= 0.6 is 11.6 Å². The third-order valence-corrected chi connectivity index (χ3v) is 3.58. The van der Waals surface area contributed by atoms with E-state index in [-0.39, 0.29) is 0 Å². The van der Waals surface area contributed by atoms with Gasteiger partial charge in [0.2, 0.25) is 0 Å². The van der Waals surface area contributed by atoms with Gasteiger partial charge >= 0.3 is 0 Å². The highest BCUT2D eigenvalue weighted by atomic mass is 35.5. The van der Waals surface area contributed by atoms with Gasteiger partial charge in [0.1, 0.15) is 5.75 Å². The van der Waals surface area contributed by atoms with Crippen molar-refractivity contribution >= 4 is 11.6 Å². The Labute approximate surface area is 114 Å². The first-order valence-corrected chi connectivity index (χ1v) is 6.90. The minimum atomic E-state index is 0.765. The van der Waals surface area contributed by atoms with Crippen molar-refractivity contribution in [2.45, 2.75) is 19.8 Å². The summed E-state index contributed by atoms with van der Waals surface area (Å²) in [7, 11) is 0. The molecule has 1 aliphatic heterocycles. The lowest BCUT2D eigenvalue weighted by atomic mass is 10.2. The topological polar surface area (TPSA) is 12.5 Å². The molecule has 1 heterocycles. The Morgan fingerprint density at radius 3 is 2.94 bits per heavy atom. The molecule has 0 radical (unpaired) electrons. The zero-order valence-electron chi connectivity index (χ0n) is 10.9. The number of aryl methyl sites for hydroxylation is 1. The van der Waals surface area contributed by atoms with Gasteiger partial charge in [0.05, 0.1) is 6.61 Å². The molecule has 0 N–H and O–H groups in total. The molecule has 0 spiro atoms. The van der Waals surface area contributed by atoms with E-state index in [0.29, 0.717) is 0 Å². The lowest BCUT2D eigenvalue weighted by Crippen LogP contribution is -2.29. The monoisotopic (exact) mass is 265 g/mol. The molecule has 0 atom stereocenters. The van der Waals surface area contributed by atoms with Gasteiger partial charge in [0.15, 0.2) is 0 Å². The first-order chi connectivity index (χ1) is 8.75. The van der Waals surface area contributed by atoms with E-state index in [0.717, 1.165) is 42.5 Å². The molecule has 98 valence electrons. The van der Waals surface area contributed by atoms with Crippen molar-refractivity contribution in [3.8, 4) is 5.75 Å². The summed E-state index contributed by atoms with van der Waals surface area (Å²) in [6, 6.07) is 5.81. The normalized spacial score (nSPS) is 15.9. The van der Waals surface area contributed by atoms with Gasteiger partial charge < -0.3 is 4.74 Å². The van der Waals surface area contributed by atoms with Gasteiger partial charge in [-0.1, -0.05) is 23.8 Å². The lowest BCUT2D eigenvalue weighted by molar-refractivity contribution is 0.247. The van der Waals surface area contributed by atoms with Crippen molar-refractivity contribution < 1.29 is 4.74 Å². The maximum atomic E-state index is 5.97. The van der Waals surface area contributed by atoms with Gasteiger partial charge in [-0.05, 0) is 43.5 Å². The van der Waals surface area contributed by atoms with Gasteiger partial charge in [0, 0.05) is 24.7 Å². The number of halogens is 1. The van der Waals surface area contributed by atoms with E-state index < -0.39 is 0 Å². The third kappa shape index (κ3) is 4.04. The second-order valence-corrected chi connectivity index (χ2v) is 5.08. The van der Waals surface area contributed by atoms with Crippen LogP contribution < -0.4 is 4.74 Å². The molecule has 2 rings (SSSR count). The summed E-state index contributed by atoms with van der Waals surface area (Å²) >= 11 is 5.97. The SMILES string of the molecule is Cc1cc(OCCCN2CC=CCC2)ccc1Cl. The van der Waals surface area contributed by atoms with Gasteiger partial charge in [-0.3, -0.25) is 4.90 Å². The molecule has 0 fully saturated rings. The van der Waals surface area contributed by atoms with Crippen LogP contribution in [0.15, 0.2) is 30.4 Å². The van der Waals surface area contributed by atoms with Crippen molar-refractivity contribution in [2.24, 2.45) is 0 Å². The standard InChI is InChI=1S/C15H20ClNO/c1-13-12-14(6-7-15(13)16)18-11-5-10-17-8-3-2-4-9-17/h2-3,6-7,12H,4-5,8-11H2,1H3. The second kappa shape index (κ2) is 6.81. The molecule has 1 aromatic rings. The van der Waals surface area contributed by atoms with Crippen molar-refractivity contribution in [2.75, 3.05) is 26.2 Å². The van der Waals surface area contributed by atoms with Gasteiger partial charge in [0.25, 0.3) is 0 Å². The highest BCUT2D eigenvalue weighted by Crippen LogP contribution is 2.21. The van der Waals surface area contributed by atoms with Crippen LogP contribution in [0.5, 0.6) is 5.75 Å². The smallest absolute Gasteiger partial charge is 0.119 e. The molecule has 0 saturated carbocycles. The number of nitrogens with zero attached hydrogens (tertiary/aromatic N) is 1. The minimum absolute atomic E-state index is 0.765. The molecule has 0 bridgehead atoms. The zero-order chi connectivity index (χ0) is 12.8. The molecule has 0 saturated heterocycles. The van der Waals surface area contributed by atoms with Crippen molar-refractivity contribution in [3.05, 3.63) is 40.9 Å². The molecule has 0 unspecified atom stereocenters. The van der Waals surface area contributed by atoms with Gasteiger partial charge in [-0.2, -0.15) is 0 Å². The van der Waals surface area contributed by atoms with Gasteiger partial charge in [-0.15, -0.1) is 0 Å². The minimum Gasteiger partial charge on any atom is -0.494 e. The molecule has 1 aliphatic rings. The Morgan fingerprint density at radius 2 is 2.22 bits per heavy atom. The van der Waals surface area contributed by atoms with E-state index in [9.17, 15) is 0 Å². The predicted molar refractivity (Wildman–Crippen MR) is 76.5 cm³/mol. The van der Waals surface area contributed by atoms with Crippen molar-refractivity contribution in [3.63, 3.8) is 0 Å². The summed E-state index contributed by atoms with van der Waals surface area (Å²) < 4.78 is 5.73. The van der Waals surface area contributed by atoms with Crippen LogP contribution in [0.3, 0.4) is 0 Å². The Morgan fingerprint density at radius 1 is 1.33 bits per heavy atom. The van der Waals surface area contributed by atoms with Crippen LogP contribution in [0.4, 0.5) is 0 Å². The summed E-state index contributed by atoms with van der Waals surface area (Å²) in [6.45, 7) is 6.13. The maximum absolute atomic E-state index is 5.97. The molecule has 0 aromatic heterocycles. The number of benzene rings is 1. The summed E-state index contributed by atoms with van der Waals surface area (Å²) in [5, 5.41) is 0.794. The number of rotatable bonds is 5. The predicted octanol–water partition coefficient (Wildman–Crippen LogP) is 3.68. The van der Waals surface area contributed by atoms with Crippen LogP contribution in [0.25, 0.3) is 0 Å². The van der Waals surface area contributed by atoms with E-state index in [1.165, 1.54) is 13.0 Å². The Hall–Kier alpha value is -0.990. The summed E-state index contributed by atoms with van der Waals surface area (Å²) in [5.41, 5.74) is 1.07. The highest BCUT2D eigenvalue weighted by molar-refractivity contribution is 6.31. The van der Waals surface area contributed by atoms with Gasteiger partial charge in [-0.25, -0.2) is 0 Å². The maximum Gasteiger partial charge on any atom is 0.119 e. The fraction of sp³-hybridized carbons (Fsp3) is 0.467.